The van der Waals surface area contributed by atoms with Crippen molar-refractivity contribution in [1.29, 1.82) is 0 Å². The van der Waals surface area contributed by atoms with E-state index in [1.54, 1.807) is 6.08 Å². The highest BCUT2D eigenvalue weighted by Crippen LogP contribution is 2.42. The van der Waals surface area contributed by atoms with Gasteiger partial charge < -0.3 is 15.3 Å². The van der Waals surface area contributed by atoms with Crippen molar-refractivity contribution < 1.29 is 24.3 Å². The van der Waals surface area contributed by atoms with Crippen molar-refractivity contribution in [3.05, 3.63) is 65.4 Å². The van der Waals surface area contributed by atoms with E-state index in [0.29, 0.717) is 35.9 Å². The molecule has 3 heterocycles. The van der Waals surface area contributed by atoms with E-state index < -0.39 is 23.3 Å². The third-order valence-electron chi connectivity index (χ3n) is 7.10. The van der Waals surface area contributed by atoms with Crippen LogP contribution in [0.25, 0.3) is 10.8 Å². The van der Waals surface area contributed by atoms with Crippen LogP contribution in [0.15, 0.2) is 70.3 Å². The monoisotopic (exact) mass is 535 g/mol. The number of allylic oxidation sites excluding steroid dienone is 1. The molecule has 2 aromatic carbocycles. The standard InChI is InChI=1S/C27H25N3O5S2/c31-21(14-36-20-8-5-15-3-1-2-4-16(15)12-20)28-22-25(33)30-23(27(34)35)18(13-37-26(22)30)11-17-9-10-29(24(17)32)19-6-7-19/h1-5,8,11-12,19,22,26H,6-7,9-10,13-14H2,(H,28,31)(H,34,35)/b17-11+. The molecule has 3 amide bonds. The van der Waals surface area contributed by atoms with Crippen LogP contribution in [-0.4, -0.2) is 74.1 Å². The fourth-order valence-electron chi connectivity index (χ4n) is 5.09. The summed E-state index contributed by atoms with van der Waals surface area (Å²) in [7, 11) is 0. The Kier molecular flexibility index (Phi) is 6.24. The van der Waals surface area contributed by atoms with Gasteiger partial charge in [-0.25, -0.2) is 4.79 Å². The number of fused-ring (bicyclic) bond motifs is 2. The molecule has 3 aliphatic heterocycles. The fourth-order valence-corrected chi connectivity index (χ4v) is 7.15. The molecule has 3 fully saturated rings. The lowest BCUT2D eigenvalue weighted by molar-refractivity contribution is -0.150. The lowest BCUT2D eigenvalue weighted by atomic mass is 10.0. The van der Waals surface area contributed by atoms with Crippen LogP contribution in [0.4, 0.5) is 0 Å². The molecule has 37 heavy (non-hydrogen) atoms. The number of nitrogens with one attached hydrogen (secondary N) is 1. The van der Waals surface area contributed by atoms with Gasteiger partial charge in [-0.2, -0.15) is 0 Å². The number of carbonyl (C=O) groups is 4. The molecule has 8 nitrogen and oxygen atoms in total. The number of likely N-dealkylation sites (tertiary alicyclic amines) is 1. The zero-order chi connectivity index (χ0) is 25.7. The summed E-state index contributed by atoms with van der Waals surface area (Å²) in [4.78, 5) is 54.5. The van der Waals surface area contributed by atoms with E-state index >= 15 is 0 Å². The van der Waals surface area contributed by atoms with E-state index in [4.69, 9.17) is 0 Å². The summed E-state index contributed by atoms with van der Waals surface area (Å²) in [5.41, 5.74) is 0.984. The fraction of sp³-hybridized carbons (Fsp3) is 0.333. The SMILES string of the molecule is O=C(CSc1ccc2ccccc2c1)NC1C(=O)N2C(C(=O)O)=C(/C=C3\CCN(C4CC4)C3=O)CSC12. The summed E-state index contributed by atoms with van der Waals surface area (Å²) in [5, 5.41) is 14.4. The van der Waals surface area contributed by atoms with Crippen LogP contribution in [0.3, 0.4) is 0 Å². The second kappa shape index (κ2) is 9.57. The minimum atomic E-state index is -1.20. The Morgan fingerprint density at radius 1 is 1.14 bits per heavy atom. The largest absolute Gasteiger partial charge is 0.477 e. The molecule has 6 rings (SSSR count). The smallest absolute Gasteiger partial charge is 0.352 e. The summed E-state index contributed by atoms with van der Waals surface area (Å²) in [6, 6.07) is 13.5. The van der Waals surface area contributed by atoms with Gasteiger partial charge in [-0.05, 0) is 53.8 Å². The Morgan fingerprint density at radius 3 is 2.68 bits per heavy atom. The number of aliphatic carboxylic acids is 1. The van der Waals surface area contributed by atoms with Gasteiger partial charge in [0.25, 0.3) is 5.91 Å². The molecule has 2 unspecified atom stereocenters. The number of rotatable bonds is 7. The van der Waals surface area contributed by atoms with E-state index in [1.807, 2.05) is 47.4 Å². The molecular weight excluding hydrogens is 510 g/mol. The number of carboxylic acids is 1. The molecule has 1 saturated carbocycles. The average molecular weight is 536 g/mol. The Morgan fingerprint density at radius 2 is 1.92 bits per heavy atom. The lowest BCUT2D eigenvalue weighted by Crippen LogP contribution is -2.70. The van der Waals surface area contributed by atoms with Crippen molar-refractivity contribution in [3.8, 4) is 0 Å². The van der Waals surface area contributed by atoms with Crippen molar-refractivity contribution in [2.45, 2.75) is 41.6 Å². The molecule has 2 saturated heterocycles. The van der Waals surface area contributed by atoms with Gasteiger partial charge >= 0.3 is 5.97 Å². The Labute approximate surface area is 222 Å². The first-order valence-corrected chi connectivity index (χ1v) is 14.3. The average Bonchev–Trinajstić information content (AvgIpc) is 3.68. The van der Waals surface area contributed by atoms with Crippen LogP contribution in [0.1, 0.15) is 19.3 Å². The molecule has 0 bridgehead atoms. The first-order valence-electron chi connectivity index (χ1n) is 12.2. The summed E-state index contributed by atoms with van der Waals surface area (Å²) < 4.78 is 0. The zero-order valence-corrected chi connectivity index (χ0v) is 21.5. The van der Waals surface area contributed by atoms with Gasteiger partial charge in [0.2, 0.25) is 11.8 Å². The van der Waals surface area contributed by atoms with Crippen molar-refractivity contribution in [2.24, 2.45) is 0 Å². The molecule has 0 spiro atoms. The van der Waals surface area contributed by atoms with Gasteiger partial charge in [-0.15, -0.1) is 23.5 Å². The topological polar surface area (TPSA) is 107 Å². The minimum absolute atomic E-state index is 0.0316. The van der Waals surface area contributed by atoms with Crippen LogP contribution < -0.4 is 5.32 Å². The van der Waals surface area contributed by atoms with Crippen LogP contribution >= 0.6 is 23.5 Å². The number of thioether (sulfide) groups is 2. The highest BCUT2D eigenvalue weighted by atomic mass is 32.2. The molecule has 4 aliphatic rings. The van der Waals surface area contributed by atoms with E-state index in [9.17, 15) is 24.3 Å². The molecule has 0 aromatic heterocycles. The van der Waals surface area contributed by atoms with E-state index in [2.05, 4.69) is 5.32 Å². The highest BCUT2D eigenvalue weighted by molar-refractivity contribution is 8.00. The predicted molar refractivity (Wildman–Crippen MR) is 142 cm³/mol. The molecule has 10 heteroatoms. The van der Waals surface area contributed by atoms with E-state index in [-0.39, 0.29) is 23.3 Å². The van der Waals surface area contributed by atoms with Gasteiger partial charge in [0.05, 0.1) is 5.75 Å². The number of hydrogen-bond acceptors (Lipinski definition) is 6. The van der Waals surface area contributed by atoms with Crippen LogP contribution in [0, 0.1) is 0 Å². The molecule has 2 N–H and O–H groups in total. The van der Waals surface area contributed by atoms with Crippen molar-refractivity contribution in [2.75, 3.05) is 18.1 Å². The van der Waals surface area contributed by atoms with Crippen molar-refractivity contribution >= 4 is 58.0 Å². The first kappa shape index (κ1) is 24.1. The van der Waals surface area contributed by atoms with Gasteiger partial charge in [0, 0.05) is 28.8 Å². The lowest BCUT2D eigenvalue weighted by Gasteiger charge is -2.49. The van der Waals surface area contributed by atoms with Crippen molar-refractivity contribution in [3.63, 3.8) is 0 Å². The summed E-state index contributed by atoms with van der Waals surface area (Å²) in [6.07, 6.45) is 4.30. The molecule has 2 aromatic rings. The van der Waals surface area contributed by atoms with Crippen molar-refractivity contribution in [1.82, 2.24) is 15.1 Å². The predicted octanol–water partition coefficient (Wildman–Crippen LogP) is 2.99. The highest BCUT2D eigenvalue weighted by Gasteiger charge is 2.54. The first-order chi connectivity index (χ1) is 17.9. The molecule has 2 atom stereocenters. The third-order valence-corrected chi connectivity index (χ3v) is 9.40. The Hall–Kier alpha value is -3.24. The molecule has 1 aliphatic carbocycles. The van der Waals surface area contributed by atoms with Crippen LogP contribution in [-0.2, 0) is 19.2 Å². The van der Waals surface area contributed by atoms with Gasteiger partial charge in [0.15, 0.2) is 0 Å². The minimum Gasteiger partial charge on any atom is -0.477 e. The summed E-state index contributed by atoms with van der Waals surface area (Å²) in [6.45, 7) is 0.661. The second-order valence-electron chi connectivity index (χ2n) is 9.58. The number of benzene rings is 2. The maximum absolute atomic E-state index is 13.0. The number of amides is 3. The van der Waals surface area contributed by atoms with Gasteiger partial charge in [-0.1, -0.05) is 30.3 Å². The quantitative estimate of drug-likeness (QED) is 0.319. The third kappa shape index (κ3) is 4.53. The van der Waals surface area contributed by atoms with Crippen LogP contribution in [0.5, 0.6) is 0 Å². The zero-order valence-electron chi connectivity index (χ0n) is 19.9. The molecule has 0 radical (unpaired) electrons. The Bertz CT molecular complexity index is 1400. The number of carboxylic acid groups (broad SMARTS) is 1. The number of β-lactam (4-membered cyclic amide) rings is 1. The van der Waals surface area contributed by atoms with E-state index in [1.165, 1.54) is 28.4 Å². The van der Waals surface area contributed by atoms with Crippen LogP contribution in [0.2, 0.25) is 0 Å². The summed E-state index contributed by atoms with van der Waals surface area (Å²) in [5.74, 6) is -1.44. The molecule has 190 valence electrons. The summed E-state index contributed by atoms with van der Waals surface area (Å²) >= 11 is 2.80. The van der Waals surface area contributed by atoms with Gasteiger partial charge in [-0.3, -0.25) is 19.3 Å². The normalized spacial score (nSPS) is 24.5. The number of hydrogen-bond donors (Lipinski definition) is 2. The second-order valence-corrected chi connectivity index (χ2v) is 11.7. The molecular formula is C27H25N3O5S2. The maximum atomic E-state index is 13.0. The number of carbonyl (C=O) groups excluding carboxylic acids is 3. The number of nitrogens with zero attached hydrogens (tertiary/aromatic N) is 2. The maximum Gasteiger partial charge on any atom is 0.352 e. The van der Waals surface area contributed by atoms with Gasteiger partial charge in [0.1, 0.15) is 17.1 Å². The van der Waals surface area contributed by atoms with E-state index in [0.717, 1.165) is 28.5 Å². The Balaban J connectivity index is 1.11.